The molecule has 0 fully saturated rings. The molecule has 0 unspecified atom stereocenters. The molecule has 0 saturated carbocycles. The molecule has 0 aromatic heterocycles. The number of aliphatic imine (C=N–C) groups is 1. The number of amides is 1. The molecule has 6 heteroatoms. The molecule has 1 N–H and O–H groups in total. The number of hydrogen-bond donors (Lipinski definition) is 1. The van der Waals surface area contributed by atoms with Crippen LogP contribution in [0.1, 0.15) is 6.42 Å². The summed E-state index contributed by atoms with van der Waals surface area (Å²) in [6.45, 7) is 0.914. The lowest BCUT2D eigenvalue weighted by molar-refractivity contribution is -0.115. The fourth-order valence-corrected chi connectivity index (χ4v) is 3.84. The van der Waals surface area contributed by atoms with E-state index < -0.39 is 0 Å². The quantitative estimate of drug-likeness (QED) is 0.906. The summed E-state index contributed by atoms with van der Waals surface area (Å²) in [7, 11) is 0. The van der Waals surface area contributed by atoms with Crippen molar-refractivity contribution in [3.8, 4) is 0 Å². The zero-order chi connectivity index (χ0) is 12.8. The molecule has 1 aromatic carbocycles. The van der Waals surface area contributed by atoms with Gasteiger partial charge in [0.05, 0.1) is 6.54 Å². The lowest BCUT2D eigenvalue weighted by atomic mass is 10.3. The third kappa shape index (κ3) is 4.66. The van der Waals surface area contributed by atoms with Gasteiger partial charge in [-0.15, -0.1) is 0 Å². The fourth-order valence-electron chi connectivity index (χ4n) is 1.42. The van der Waals surface area contributed by atoms with Crippen molar-refractivity contribution >= 4 is 55.4 Å². The molecule has 1 aliphatic heterocycles. The van der Waals surface area contributed by atoms with Gasteiger partial charge in [-0.1, -0.05) is 45.5 Å². The Morgan fingerprint density at radius 2 is 2.44 bits per heavy atom. The van der Waals surface area contributed by atoms with Crippen molar-refractivity contribution in [3.05, 3.63) is 28.7 Å². The maximum absolute atomic E-state index is 11.7. The first kappa shape index (κ1) is 14.0. The van der Waals surface area contributed by atoms with Crippen molar-refractivity contribution < 1.29 is 4.79 Å². The highest BCUT2D eigenvalue weighted by Crippen LogP contribution is 2.22. The summed E-state index contributed by atoms with van der Waals surface area (Å²) in [5, 5.41) is 2.88. The van der Waals surface area contributed by atoms with Gasteiger partial charge in [-0.2, -0.15) is 0 Å². The maximum Gasteiger partial charge on any atom is 0.225 e. The molecule has 0 radical (unpaired) electrons. The van der Waals surface area contributed by atoms with Crippen LogP contribution in [0.5, 0.6) is 0 Å². The van der Waals surface area contributed by atoms with Crippen LogP contribution in [-0.4, -0.2) is 28.3 Å². The number of benzene rings is 1. The van der Waals surface area contributed by atoms with Crippen LogP contribution in [0.15, 0.2) is 33.7 Å². The van der Waals surface area contributed by atoms with Crippen molar-refractivity contribution in [2.24, 2.45) is 4.99 Å². The second-order valence-corrected chi connectivity index (χ2v) is 6.99. The number of halogens is 1. The van der Waals surface area contributed by atoms with Crippen LogP contribution in [0.3, 0.4) is 0 Å². The van der Waals surface area contributed by atoms with Gasteiger partial charge in [-0.3, -0.25) is 9.79 Å². The van der Waals surface area contributed by atoms with Crippen LogP contribution in [0, 0.1) is 0 Å². The van der Waals surface area contributed by atoms with Crippen molar-refractivity contribution in [1.29, 1.82) is 0 Å². The molecule has 96 valence electrons. The fraction of sp³-hybridized carbons (Fsp3) is 0.333. The summed E-state index contributed by atoms with van der Waals surface area (Å²) in [6, 6.07) is 7.61. The number of rotatable bonds is 4. The lowest BCUT2D eigenvalue weighted by Gasteiger charge is -2.05. The first-order valence-electron chi connectivity index (χ1n) is 5.59. The number of hydrogen-bond acceptors (Lipinski definition) is 4. The Labute approximate surface area is 123 Å². The highest BCUT2D eigenvalue weighted by molar-refractivity contribution is 9.10. The first-order chi connectivity index (χ1) is 8.74. The van der Waals surface area contributed by atoms with Gasteiger partial charge in [0, 0.05) is 28.1 Å². The molecule has 1 aliphatic rings. The van der Waals surface area contributed by atoms with Gasteiger partial charge in [0.1, 0.15) is 4.38 Å². The van der Waals surface area contributed by atoms with Crippen LogP contribution in [-0.2, 0) is 4.79 Å². The summed E-state index contributed by atoms with van der Waals surface area (Å²) in [5.74, 6) is 1.90. The molecule has 0 aliphatic carbocycles. The monoisotopic (exact) mass is 344 g/mol. The summed E-state index contributed by atoms with van der Waals surface area (Å²) in [5.41, 5.74) is 0.826. The van der Waals surface area contributed by atoms with E-state index in [1.54, 1.807) is 23.5 Å². The number of nitrogens with one attached hydrogen (secondary N) is 1. The number of nitrogens with zero attached hydrogens (tertiary/aromatic N) is 1. The molecule has 0 spiro atoms. The summed E-state index contributed by atoms with van der Waals surface area (Å²) in [4.78, 5) is 16.0. The molecule has 1 heterocycles. The lowest BCUT2D eigenvalue weighted by Crippen LogP contribution is -2.12. The van der Waals surface area contributed by atoms with Gasteiger partial charge in [0.2, 0.25) is 5.91 Å². The molecule has 1 aromatic rings. The van der Waals surface area contributed by atoms with Gasteiger partial charge >= 0.3 is 0 Å². The van der Waals surface area contributed by atoms with Crippen molar-refractivity contribution in [1.82, 2.24) is 0 Å². The number of thioether (sulfide) groups is 2. The van der Waals surface area contributed by atoms with Crippen LogP contribution < -0.4 is 5.32 Å². The van der Waals surface area contributed by atoms with E-state index in [9.17, 15) is 4.79 Å². The molecule has 1 amide bonds. The van der Waals surface area contributed by atoms with Crippen LogP contribution in [0.25, 0.3) is 0 Å². The Balaban J connectivity index is 1.71. The Kier molecular flexibility index (Phi) is 5.59. The molecule has 0 atom stereocenters. The number of anilines is 1. The van der Waals surface area contributed by atoms with E-state index in [1.807, 2.05) is 24.3 Å². The Hall–Kier alpha value is -0.460. The SMILES string of the molecule is O=C(CCSC1=NCCS1)Nc1cccc(Br)c1. The third-order valence-corrected chi connectivity index (χ3v) is 4.97. The summed E-state index contributed by atoms with van der Waals surface area (Å²) >= 11 is 6.82. The predicted molar refractivity (Wildman–Crippen MR) is 84.6 cm³/mol. The maximum atomic E-state index is 11.7. The van der Waals surface area contributed by atoms with E-state index in [2.05, 4.69) is 26.2 Å². The zero-order valence-corrected chi connectivity index (χ0v) is 12.9. The zero-order valence-electron chi connectivity index (χ0n) is 9.69. The van der Waals surface area contributed by atoms with Gasteiger partial charge < -0.3 is 5.32 Å². The van der Waals surface area contributed by atoms with Crippen molar-refractivity contribution in [2.45, 2.75) is 6.42 Å². The highest BCUT2D eigenvalue weighted by Gasteiger charge is 2.09. The molecular formula is C12H13BrN2OS2. The largest absolute Gasteiger partial charge is 0.326 e. The summed E-state index contributed by atoms with van der Waals surface area (Å²) in [6.07, 6.45) is 0.511. The second-order valence-electron chi connectivity index (χ2n) is 3.65. The van der Waals surface area contributed by atoms with E-state index in [0.29, 0.717) is 6.42 Å². The van der Waals surface area contributed by atoms with Gasteiger partial charge in [0.15, 0.2) is 0 Å². The normalized spacial score (nSPS) is 14.4. The molecular weight excluding hydrogens is 332 g/mol. The smallest absolute Gasteiger partial charge is 0.225 e. The van der Waals surface area contributed by atoms with Gasteiger partial charge in [-0.25, -0.2) is 0 Å². The summed E-state index contributed by atoms with van der Waals surface area (Å²) < 4.78 is 2.08. The topological polar surface area (TPSA) is 41.5 Å². The van der Waals surface area contributed by atoms with E-state index in [4.69, 9.17) is 0 Å². The third-order valence-electron chi connectivity index (χ3n) is 2.22. The minimum absolute atomic E-state index is 0.0456. The van der Waals surface area contributed by atoms with E-state index >= 15 is 0 Å². The molecule has 18 heavy (non-hydrogen) atoms. The first-order valence-corrected chi connectivity index (χ1v) is 8.36. The van der Waals surface area contributed by atoms with E-state index in [-0.39, 0.29) is 5.91 Å². The Morgan fingerprint density at radius 3 is 3.17 bits per heavy atom. The Bertz CT molecular complexity index is 465. The van der Waals surface area contributed by atoms with Crippen molar-refractivity contribution in [3.63, 3.8) is 0 Å². The van der Waals surface area contributed by atoms with Crippen LogP contribution in [0.4, 0.5) is 5.69 Å². The second kappa shape index (κ2) is 7.21. The van der Waals surface area contributed by atoms with Gasteiger partial charge in [-0.05, 0) is 18.2 Å². The Morgan fingerprint density at radius 1 is 1.56 bits per heavy atom. The molecule has 0 bridgehead atoms. The van der Waals surface area contributed by atoms with E-state index in [1.165, 1.54) is 0 Å². The molecule has 3 nitrogen and oxygen atoms in total. The minimum atomic E-state index is 0.0456. The van der Waals surface area contributed by atoms with Crippen LogP contribution in [0.2, 0.25) is 0 Å². The molecule has 2 rings (SSSR count). The predicted octanol–water partition coefficient (Wildman–Crippen LogP) is 3.61. The minimum Gasteiger partial charge on any atom is -0.326 e. The highest BCUT2D eigenvalue weighted by atomic mass is 79.9. The standard InChI is InChI=1S/C12H13BrN2OS2/c13-9-2-1-3-10(8-9)15-11(16)4-6-17-12-14-5-7-18-12/h1-3,8H,4-7H2,(H,15,16). The average Bonchev–Trinajstić information content (AvgIpc) is 2.82. The van der Waals surface area contributed by atoms with E-state index in [0.717, 1.165) is 32.6 Å². The van der Waals surface area contributed by atoms with Gasteiger partial charge in [0.25, 0.3) is 0 Å². The number of carbonyl (C=O) groups is 1. The number of carbonyl (C=O) groups excluding carboxylic acids is 1. The van der Waals surface area contributed by atoms with Crippen molar-refractivity contribution in [2.75, 3.05) is 23.4 Å². The average molecular weight is 345 g/mol. The van der Waals surface area contributed by atoms with Crippen LogP contribution >= 0.6 is 39.5 Å². The molecule has 0 saturated heterocycles.